The van der Waals surface area contributed by atoms with Gasteiger partial charge in [0.05, 0.1) is 48.5 Å². The number of fused-ring (bicyclic) bond motifs is 9. The summed E-state index contributed by atoms with van der Waals surface area (Å²) in [6, 6.07) is 11.3. The molecule has 4 N–H and O–H groups in total. The quantitative estimate of drug-likeness (QED) is 0.0891. The second-order valence-electron chi connectivity index (χ2n) is 37.7. The zero-order valence-electron chi connectivity index (χ0n) is 56.8. The third-order valence-electron chi connectivity index (χ3n) is 35.9. The number of ketones is 1. The minimum Gasteiger partial charge on any atom is -0.469 e. The fraction of sp³-hybridized carbons (Fsp3) is 0.706. The lowest BCUT2D eigenvalue weighted by molar-refractivity contribution is -0.324. The van der Waals surface area contributed by atoms with Crippen LogP contribution in [0.2, 0.25) is 0 Å². The minimum atomic E-state index is -1.59. The van der Waals surface area contributed by atoms with Crippen LogP contribution in [0.1, 0.15) is 151 Å². The molecule has 13 nitrogen and oxygen atoms in total. The number of ether oxygens (including phenoxy) is 4. The molecule has 22 aliphatic rings. The highest BCUT2D eigenvalue weighted by molar-refractivity contribution is 5.96. The Bertz CT molecular complexity index is 4180. The van der Waals surface area contributed by atoms with Crippen molar-refractivity contribution in [1.82, 2.24) is 10.2 Å². The number of esters is 2. The monoisotopic (exact) mass is 1320 g/mol. The zero-order valence-corrected chi connectivity index (χ0v) is 56.8. The van der Waals surface area contributed by atoms with E-state index in [1.165, 1.54) is 30.4 Å². The Morgan fingerprint density at radius 3 is 2.68 bits per heavy atom. The molecular weight excluding hydrogens is 1220 g/mol. The lowest BCUT2D eigenvalue weighted by Crippen LogP contribution is -2.85. The molecule has 512 valence electrons. The molecule has 9 spiro atoms. The molecule has 1 aromatic heterocycles. The smallest absolute Gasteiger partial charge is 0.339 e. The van der Waals surface area contributed by atoms with Gasteiger partial charge >= 0.3 is 11.9 Å². The van der Waals surface area contributed by atoms with Crippen molar-refractivity contribution in [3.8, 4) is 11.8 Å². The fourth-order valence-corrected chi connectivity index (χ4v) is 33.7. The van der Waals surface area contributed by atoms with Crippen LogP contribution < -0.4 is 5.32 Å². The number of aliphatic hydroxyl groups is 3. The van der Waals surface area contributed by atoms with Crippen molar-refractivity contribution < 1.29 is 53.1 Å². The second-order valence-corrected chi connectivity index (χ2v) is 37.7. The number of nitrogens with one attached hydrogen (secondary N) is 1. The zero-order chi connectivity index (χ0) is 65.0. The van der Waals surface area contributed by atoms with Crippen LogP contribution >= 0.6 is 0 Å². The van der Waals surface area contributed by atoms with E-state index >= 15 is 19.5 Å². The molecule has 1 aromatic carbocycles. The van der Waals surface area contributed by atoms with E-state index in [9.17, 15) is 14.9 Å². The summed E-state index contributed by atoms with van der Waals surface area (Å²) in [6.45, 7) is 3.85. The van der Waals surface area contributed by atoms with E-state index in [2.05, 4.69) is 108 Å². The summed E-state index contributed by atoms with van der Waals surface area (Å²) in [4.78, 5) is 54.9. The Labute approximate surface area is 575 Å². The molecule has 13 heteroatoms. The molecule has 15 fully saturated rings. The van der Waals surface area contributed by atoms with Gasteiger partial charge in [0.25, 0.3) is 0 Å². The van der Waals surface area contributed by atoms with E-state index in [0.29, 0.717) is 85.8 Å². The maximum absolute atomic E-state index is 18.7. The Morgan fingerprint density at radius 2 is 1.79 bits per heavy atom. The Kier molecular flexibility index (Phi) is 11.1. The number of Topliss-reactive ketones (excluding diaryl/α,β-unsaturated/α-hetero) is 1. The molecule has 24 rings (SSSR count). The van der Waals surface area contributed by atoms with Gasteiger partial charge < -0.3 is 43.6 Å². The molecule has 8 heterocycles. The number of nitrogens with zero attached hydrogens (tertiary/aromatic N) is 1. The van der Waals surface area contributed by atoms with E-state index < -0.39 is 97.4 Å². The van der Waals surface area contributed by atoms with Crippen LogP contribution in [0.25, 0.3) is 0 Å². The van der Waals surface area contributed by atoms with Gasteiger partial charge in [-0.2, -0.15) is 0 Å². The molecule has 10 saturated carbocycles. The third kappa shape index (κ3) is 5.94. The number of allylic oxidation sites excluding steroid dienone is 6. The van der Waals surface area contributed by atoms with Gasteiger partial charge in [0.15, 0.2) is 17.5 Å². The van der Waals surface area contributed by atoms with Gasteiger partial charge in [0, 0.05) is 52.7 Å². The summed E-state index contributed by atoms with van der Waals surface area (Å²) >= 11 is 0. The highest BCUT2D eigenvalue weighted by Crippen LogP contribution is 2.95. The highest BCUT2D eigenvalue weighted by atomic mass is 16.7. The number of carbonyl (C=O) groups excluding carboxylic acids is 3. The number of rotatable bonds is 7. The van der Waals surface area contributed by atoms with Crippen molar-refractivity contribution in [2.45, 2.75) is 195 Å². The maximum atomic E-state index is 18.7. The summed E-state index contributed by atoms with van der Waals surface area (Å²) < 4.78 is 39.8. The summed E-state index contributed by atoms with van der Waals surface area (Å²) in [5, 5.41) is 43.0. The lowest BCUT2D eigenvalue weighted by Gasteiger charge is -2.75. The van der Waals surface area contributed by atoms with Gasteiger partial charge in [-0.25, -0.2) is 4.79 Å². The number of aryl methyl sites for hydroxylation is 1. The highest BCUT2D eigenvalue weighted by Gasteiger charge is 3.03. The molecule has 0 amide bonds. The van der Waals surface area contributed by atoms with E-state index in [1.54, 1.807) is 5.57 Å². The summed E-state index contributed by atoms with van der Waals surface area (Å²) in [5.41, 5.74) is -5.29. The van der Waals surface area contributed by atoms with Gasteiger partial charge in [-0.1, -0.05) is 104 Å². The molecule has 7 aliphatic heterocycles. The number of carbonyl (C=O) groups is 3. The lowest BCUT2D eigenvalue weighted by atomic mass is 9.27. The average molecular weight is 1320 g/mol. The molecule has 0 radical (unpaired) electrons. The molecule has 33 unspecified atom stereocenters. The Hall–Kier alpha value is -5.07. The van der Waals surface area contributed by atoms with Crippen molar-refractivity contribution in [1.29, 1.82) is 0 Å². The number of epoxide rings is 1. The van der Waals surface area contributed by atoms with Crippen LogP contribution in [-0.2, 0) is 58.2 Å². The number of furan rings is 1. The van der Waals surface area contributed by atoms with E-state index in [0.717, 1.165) is 108 Å². The third-order valence-corrected chi connectivity index (χ3v) is 35.9. The molecule has 5 saturated heterocycles. The first kappa shape index (κ1) is 58.4. The molecule has 98 heavy (non-hydrogen) atoms. The number of hydrogen-bond donors (Lipinski definition) is 4. The first-order chi connectivity index (χ1) is 47.7. The maximum Gasteiger partial charge on any atom is 0.339 e. The Balaban J connectivity index is 0.762. The molecule has 2 aromatic rings. The van der Waals surface area contributed by atoms with E-state index in [4.69, 9.17) is 18.6 Å². The summed E-state index contributed by atoms with van der Waals surface area (Å²) in [5.74, 6) is 8.19. The van der Waals surface area contributed by atoms with Crippen molar-refractivity contribution in [2.75, 3.05) is 26.4 Å². The molecule has 33 atom stereocenters. The number of cyclic esters (lactones) is 1. The van der Waals surface area contributed by atoms with Crippen LogP contribution in [0.4, 0.5) is 0 Å². The SMILES string of the molecule is CC12CC3CC45CC6C=CC47C(=O)OCC48C(C(=O)C(O)C9(C%10CC(Cc%11ccccc%11)CCC%10C#CC%10CCc%11coc(CC(C(O)CO)C%12CCC%13C(C=CN%14CNCC%13%14)C%12)c%11C%101OC(=O)C1OC192)C34)C12OC87C(=CC1C13C=CC4CCCC4C1CC=C1CCC2CC13)CC5C6. The first-order valence-corrected chi connectivity index (χ1v) is 39.6. The van der Waals surface area contributed by atoms with Crippen molar-refractivity contribution in [2.24, 2.45) is 145 Å². The molecular formula is C85H96N2O11. The van der Waals surface area contributed by atoms with Crippen molar-refractivity contribution in [3.05, 3.63) is 119 Å². The second kappa shape index (κ2) is 18.6. The predicted molar refractivity (Wildman–Crippen MR) is 357 cm³/mol. The Morgan fingerprint density at radius 1 is 0.878 bits per heavy atom. The first-order valence-electron chi connectivity index (χ1n) is 39.6. The average Bonchev–Trinajstić information content (AvgIpc) is 1.39. The predicted octanol–water partition coefficient (Wildman–Crippen LogP) is 10.8. The van der Waals surface area contributed by atoms with Crippen LogP contribution in [-0.4, -0.2) is 106 Å². The van der Waals surface area contributed by atoms with Crippen LogP contribution in [0.3, 0.4) is 0 Å². The van der Waals surface area contributed by atoms with Crippen LogP contribution in [0, 0.1) is 157 Å². The summed E-state index contributed by atoms with van der Waals surface area (Å²) in [6.07, 6.45) is 37.5. The normalized spacial score (nSPS) is 56.1. The minimum absolute atomic E-state index is 0.00614. The van der Waals surface area contributed by atoms with Gasteiger partial charge in [0.2, 0.25) is 0 Å². The van der Waals surface area contributed by atoms with Crippen molar-refractivity contribution in [3.63, 3.8) is 0 Å². The number of aliphatic hydroxyl groups excluding tert-OH is 3. The van der Waals surface area contributed by atoms with E-state index in [1.807, 2.05) is 6.26 Å². The van der Waals surface area contributed by atoms with Gasteiger partial charge in [-0.15, -0.1) is 0 Å². The number of benzene rings is 1. The van der Waals surface area contributed by atoms with E-state index in [-0.39, 0.29) is 83.6 Å². The van der Waals surface area contributed by atoms with Gasteiger partial charge in [-0.3, -0.25) is 14.9 Å². The fourth-order valence-electron chi connectivity index (χ4n) is 33.7. The van der Waals surface area contributed by atoms with Crippen molar-refractivity contribution >= 4 is 17.7 Å². The van der Waals surface area contributed by atoms with Gasteiger partial charge in [0.1, 0.15) is 35.1 Å². The van der Waals surface area contributed by atoms with Crippen LogP contribution in [0.5, 0.6) is 0 Å². The summed E-state index contributed by atoms with van der Waals surface area (Å²) in [7, 11) is 0. The van der Waals surface area contributed by atoms with Crippen LogP contribution in [0.15, 0.2) is 101 Å². The molecule has 12 bridgehead atoms. The largest absolute Gasteiger partial charge is 0.469 e. The number of hydrogen-bond acceptors (Lipinski definition) is 13. The topological polar surface area (TPSA) is 181 Å². The molecule has 15 aliphatic carbocycles. The standard InChI is InChI=1S/C85H96N2O11/c1-76-37-53-38-77-36-46-22-26-80(77)75(93)95-42-79-70(53)81(72(91)69(90)71(79)82-55-19-13-48-16-21-61-58-9-5-8-47(58)23-25-78(61,62(48)33-55)67(82)34-57(32-56(77)29-46)84(79,80)98-82)63-30-45(28-44-6-3-2-4-7-44)10-11-49(63)12-17-54-18-14-52-41-94-66(68(52)83(54,76)97-74(92)73-85(76,81)96-73)35-60(65(89)40-88)50-15-20-59-51(31-50)24-27-87-43-86-39-64(59)87/h2-4,6-7,16,22-27,34,41,45-47,49-51,53-56,58-65,67,70-73,86,88-89,91H,5,8-11,13-15,18-21,28-33,35-40,42-43H2,1H3. The van der Waals surface area contributed by atoms with Gasteiger partial charge in [-0.05, 0) is 245 Å².